The Morgan fingerprint density at radius 1 is 0.750 bits per heavy atom. The van der Waals surface area contributed by atoms with Crippen LogP contribution < -0.4 is 0 Å². The van der Waals surface area contributed by atoms with Crippen molar-refractivity contribution in [2.45, 2.75) is 23.6 Å². The number of alkyl halides is 6. The minimum Gasteiger partial charge on any atom is -0.477 e. The highest BCUT2D eigenvalue weighted by Gasteiger charge is 2.53. The van der Waals surface area contributed by atoms with E-state index in [2.05, 4.69) is 0 Å². The van der Waals surface area contributed by atoms with Crippen molar-refractivity contribution in [3.05, 3.63) is 106 Å². The van der Waals surface area contributed by atoms with E-state index in [0.29, 0.717) is 5.02 Å². The predicted octanol–water partition coefficient (Wildman–Crippen LogP) is 6.65. The highest BCUT2D eigenvalue weighted by Crippen LogP contribution is 2.45. The van der Waals surface area contributed by atoms with Crippen LogP contribution in [0.15, 0.2) is 72.8 Å². The zero-order chi connectivity index (χ0) is 26.4. The molecule has 11 heteroatoms. The number of carboxylic acids is 1. The molecule has 1 N–H and O–H groups in total. The molecular weight excluding hydrogens is 514 g/mol. The van der Waals surface area contributed by atoms with E-state index in [1.807, 2.05) is 0 Å². The van der Waals surface area contributed by atoms with Gasteiger partial charge in [-0.1, -0.05) is 60.1 Å². The number of hydrogen-bond donors (Lipinski definition) is 1. The first-order valence-corrected chi connectivity index (χ1v) is 10.8. The summed E-state index contributed by atoms with van der Waals surface area (Å²) in [5, 5.41) is 10.2. The van der Waals surface area contributed by atoms with Gasteiger partial charge in [-0.25, -0.2) is 4.79 Å². The molecule has 36 heavy (non-hydrogen) atoms. The summed E-state index contributed by atoms with van der Waals surface area (Å²) < 4.78 is 92.2. The summed E-state index contributed by atoms with van der Waals surface area (Å²) >= 11 is 5.87. The maximum atomic E-state index is 13.5. The highest BCUT2D eigenvalue weighted by molar-refractivity contribution is 6.30. The Morgan fingerprint density at radius 2 is 1.19 bits per heavy atom. The quantitative estimate of drug-likeness (QED) is 0.384. The molecule has 1 fully saturated rings. The van der Waals surface area contributed by atoms with Gasteiger partial charge in [0.1, 0.15) is 0 Å². The number of carbonyl (C=O) groups is 1. The zero-order valence-corrected chi connectivity index (χ0v) is 18.9. The molecule has 1 aliphatic heterocycles. The van der Waals surface area contributed by atoms with E-state index in [1.54, 1.807) is 0 Å². The SMILES string of the molecule is O=C(O)C1(c2ccc(Cl)cc2)OCC(c2cccc(C(F)(F)F)c2)(c2cccc(C(F)(F)F)c2)CO1. The van der Waals surface area contributed by atoms with Crippen LogP contribution >= 0.6 is 11.6 Å². The number of carboxylic acid groups (broad SMARTS) is 1. The molecule has 0 aromatic heterocycles. The van der Waals surface area contributed by atoms with Gasteiger partial charge in [0.25, 0.3) is 5.79 Å². The summed E-state index contributed by atoms with van der Waals surface area (Å²) in [6, 6.07) is 13.6. The summed E-state index contributed by atoms with van der Waals surface area (Å²) in [6.07, 6.45) is -9.45. The lowest BCUT2D eigenvalue weighted by molar-refractivity contribution is -0.287. The molecule has 1 saturated heterocycles. The van der Waals surface area contributed by atoms with Gasteiger partial charge in [0.2, 0.25) is 0 Å². The van der Waals surface area contributed by atoms with Crippen LogP contribution in [0.1, 0.15) is 27.8 Å². The topological polar surface area (TPSA) is 55.8 Å². The van der Waals surface area contributed by atoms with Crippen molar-refractivity contribution in [3.8, 4) is 0 Å². The second kappa shape index (κ2) is 9.10. The van der Waals surface area contributed by atoms with E-state index in [-0.39, 0.29) is 16.7 Å². The van der Waals surface area contributed by atoms with Gasteiger partial charge in [-0.15, -0.1) is 0 Å². The fraction of sp³-hybridized carbons (Fsp3) is 0.240. The first kappa shape index (κ1) is 26.0. The molecule has 0 radical (unpaired) electrons. The molecule has 0 atom stereocenters. The average molecular weight is 531 g/mol. The van der Waals surface area contributed by atoms with E-state index >= 15 is 0 Å². The number of rotatable bonds is 4. The normalized spacial score (nSPS) is 17.5. The molecular formula is C25H17ClF6O4. The van der Waals surface area contributed by atoms with Crippen molar-refractivity contribution in [1.29, 1.82) is 0 Å². The molecule has 1 heterocycles. The fourth-order valence-corrected chi connectivity index (χ4v) is 4.23. The molecule has 3 aromatic carbocycles. The van der Waals surface area contributed by atoms with Crippen molar-refractivity contribution >= 4 is 17.6 Å². The third-order valence-electron chi connectivity index (χ3n) is 6.03. The van der Waals surface area contributed by atoms with Gasteiger partial charge < -0.3 is 14.6 Å². The van der Waals surface area contributed by atoms with Crippen molar-refractivity contribution in [3.63, 3.8) is 0 Å². The zero-order valence-electron chi connectivity index (χ0n) is 18.2. The summed E-state index contributed by atoms with van der Waals surface area (Å²) in [6.45, 7) is -1.19. The van der Waals surface area contributed by atoms with Crippen LogP contribution in [0.3, 0.4) is 0 Å². The Bertz CT molecular complexity index is 1200. The van der Waals surface area contributed by atoms with Gasteiger partial charge in [-0.2, -0.15) is 26.3 Å². The Morgan fingerprint density at radius 3 is 1.58 bits per heavy atom. The largest absolute Gasteiger partial charge is 0.477 e. The minimum absolute atomic E-state index is 0.0427. The average Bonchev–Trinajstić information content (AvgIpc) is 2.83. The third kappa shape index (κ3) is 4.68. The van der Waals surface area contributed by atoms with Gasteiger partial charge in [0.15, 0.2) is 0 Å². The van der Waals surface area contributed by atoms with E-state index in [9.17, 15) is 36.2 Å². The van der Waals surface area contributed by atoms with Crippen LogP contribution in [0.2, 0.25) is 5.02 Å². The maximum Gasteiger partial charge on any atom is 0.416 e. The van der Waals surface area contributed by atoms with Gasteiger partial charge >= 0.3 is 18.3 Å². The lowest BCUT2D eigenvalue weighted by Crippen LogP contribution is -2.54. The van der Waals surface area contributed by atoms with Crippen LogP contribution in [-0.4, -0.2) is 24.3 Å². The molecule has 0 unspecified atom stereocenters. The molecule has 3 aromatic rings. The molecule has 4 nitrogen and oxygen atoms in total. The summed E-state index contributed by atoms with van der Waals surface area (Å²) in [7, 11) is 0. The molecule has 4 rings (SSSR count). The Hall–Kier alpha value is -3.08. The van der Waals surface area contributed by atoms with Crippen LogP contribution in [0, 0.1) is 0 Å². The van der Waals surface area contributed by atoms with Crippen molar-refractivity contribution in [2.75, 3.05) is 13.2 Å². The van der Waals surface area contributed by atoms with E-state index in [0.717, 1.165) is 36.4 Å². The predicted molar refractivity (Wildman–Crippen MR) is 116 cm³/mol. The van der Waals surface area contributed by atoms with Crippen molar-refractivity contribution in [2.24, 2.45) is 0 Å². The number of benzene rings is 3. The lowest BCUT2D eigenvalue weighted by atomic mass is 9.74. The maximum absolute atomic E-state index is 13.5. The highest BCUT2D eigenvalue weighted by atomic mass is 35.5. The third-order valence-corrected chi connectivity index (χ3v) is 6.29. The number of aliphatic carboxylic acids is 1. The van der Waals surface area contributed by atoms with Gasteiger partial charge in [0, 0.05) is 10.6 Å². The second-order valence-corrected chi connectivity index (χ2v) is 8.68. The van der Waals surface area contributed by atoms with Crippen LogP contribution in [-0.2, 0) is 37.8 Å². The first-order valence-electron chi connectivity index (χ1n) is 10.4. The Kier molecular flexibility index (Phi) is 6.57. The molecule has 0 amide bonds. The second-order valence-electron chi connectivity index (χ2n) is 8.25. The Labute approximate surface area is 206 Å². The van der Waals surface area contributed by atoms with Crippen molar-refractivity contribution in [1.82, 2.24) is 0 Å². The number of halogens is 7. The van der Waals surface area contributed by atoms with Crippen LogP contribution in [0.25, 0.3) is 0 Å². The van der Waals surface area contributed by atoms with Crippen molar-refractivity contribution < 1.29 is 45.7 Å². The van der Waals surface area contributed by atoms with Crippen LogP contribution in [0.4, 0.5) is 26.3 Å². The molecule has 1 aliphatic rings. The summed E-state index contributed by atoms with van der Waals surface area (Å²) in [5.41, 5.74) is -3.80. The van der Waals surface area contributed by atoms with E-state index in [4.69, 9.17) is 21.1 Å². The Balaban J connectivity index is 1.86. The molecule has 0 aliphatic carbocycles. The standard InChI is InChI=1S/C25H17ClF6O4/c26-20-9-7-15(8-10-20)23(21(33)34)35-13-22(14-36-23,16-3-1-5-18(11-16)24(27,28)29)17-4-2-6-19(12-17)25(30,31)32/h1-12H,13-14H2,(H,33,34). The molecule has 190 valence electrons. The monoisotopic (exact) mass is 530 g/mol. The number of hydrogen-bond acceptors (Lipinski definition) is 3. The summed E-state index contributed by atoms with van der Waals surface area (Å²) in [4.78, 5) is 12.2. The van der Waals surface area contributed by atoms with Crippen LogP contribution in [0.5, 0.6) is 0 Å². The van der Waals surface area contributed by atoms with Gasteiger partial charge in [-0.3, -0.25) is 0 Å². The minimum atomic E-state index is -4.73. The molecule has 0 bridgehead atoms. The molecule has 0 spiro atoms. The number of ether oxygens (including phenoxy) is 2. The van der Waals surface area contributed by atoms with E-state index < -0.39 is 53.9 Å². The van der Waals surface area contributed by atoms with Gasteiger partial charge in [-0.05, 0) is 35.4 Å². The smallest absolute Gasteiger partial charge is 0.416 e. The fourth-order valence-electron chi connectivity index (χ4n) is 4.10. The van der Waals surface area contributed by atoms with Gasteiger partial charge in [0.05, 0.1) is 29.8 Å². The van der Waals surface area contributed by atoms with E-state index in [1.165, 1.54) is 36.4 Å². The lowest BCUT2D eigenvalue weighted by Gasteiger charge is -2.45. The first-order chi connectivity index (χ1) is 16.8. The molecule has 0 saturated carbocycles. The summed E-state index contributed by atoms with van der Waals surface area (Å²) in [5.74, 6) is -3.90.